The zero-order valence-electron chi connectivity index (χ0n) is 13.3. The van der Waals surface area contributed by atoms with E-state index < -0.39 is 17.3 Å². The van der Waals surface area contributed by atoms with Gasteiger partial charge in [0.25, 0.3) is 5.91 Å². The third-order valence-corrected chi connectivity index (χ3v) is 4.06. The molecule has 23 heavy (non-hydrogen) atoms. The minimum absolute atomic E-state index is 0.170. The number of rotatable bonds is 5. The van der Waals surface area contributed by atoms with Crippen LogP contribution in [0.5, 0.6) is 0 Å². The van der Waals surface area contributed by atoms with Gasteiger partial charge in [0, 0.05) is 12.1 Å². The van der Waals surface area contributed by atoms with Crippen LogP contribution in [0, 0.1) is 5.41 Å². The lowest BCUT2D eigenvalue weighted by molar-refractivity contribution is -0.166. The first-order chi connectivity index (χ1) is 11.1. The number of ether oxygens (including phenoxy) is 1. The van der Waals surface area contributed by atoms with E-state index in [2.05, 4.69) is 6.58 Å². The number of nitrogens with zero attached hydrogens (tertiary/aromatic N) is 1. The van der Waals surface area contributed by atoms with E-state index in [1.54, 1.807) is 37.3 Å². The zero-order chi connectivity index (χ0) is 16.9. The number of imide groups is 1. The summed E-state index contributed by atoms with van der Waals surface area (Å²) in [5.41, 5.74) is -0.903. The topological polar surface area (TPSA) is 63.7 Å². The molecule has 1 aromatic rings. The lowest BCUT2D eigenvalue weighted by atomic mass is 9.76. The Bertz CT molecular complexity index is 611. The van der Waals surface area contributed by atoms with Crippen molar-refractivity contribution in [2.24, 2.45) is 5.41 Å². The van der Waals surface area contributed by atoms with Gasteiger partial charge in [-0.05, 0) is 38.3 Å². The average Bonchev–Trinajstić information content (AvgIpc) is 2.57. The maximum absolute atomic E-state index is 12.9. The number of esters is 1. The Morgan fingerprint density at radius 2 is 2.04 bits per heavy atom. The highest BCUT2D eigenvalue weighted by Crippen LogP contribution is 2.37. The molecular formula is C18H21NO4. The Balaban J connectivity index is 2.33. The summed E-state index contributed by atoms with van der Waals surface area (Å²) in [7, 11) is 0. The molecule has 5 heteroatoms. The number of amides is 2. The van der Waals surface area contributed by atoms with Gasteiger partial charge in [-0.3, -0.25) is 19.3 Å². The molecule has 0 N–H and O–H groups in total. The van der Waals surface area contributed by atoms with E-state index in [0.717, 1.165) is 0 Å². The highest BCUT2D eigenvalue weighted by Gasteiger charge is 2.51. The maximum atomic E-state index is 12.9. The van der Waals surface area contributed by atoms with Gasteiger partial charge < -0.3 is 4.74 Å². The molecule has 1 atom stereocenters. The largest absolute Gasteiger partial charge is 0.465 e. The predicted molar refractivity (Wildman–Crippen MR) is 85.6 cm³/mol. The average molecular weight is 315 g/mol. The zero-order valence-corrected chi connectivity index (χ0v) is 13.3. The van der Waals surface area contributed by atoms with Crippen LogP contribution >= 0.6 is 0 Å². The van der Waals surface area contributed by atoms with Crippen LogP contribution < -0.4 is 0 Å². The Hall–Kier alpha value is -2.43. The van der Waals surface area contributed by atoms with Gasteiger partial charge in [0.15, 0.2) is 5.41 Å². The first-order valence-corrected chi connectivity index (χ1v) is 7.76. The third-order valence-electron chi connectivity index (χ3n) is 4.06. The van der Waals surface area contributed by atoms with Gasteiger partial charge >= 0.3 is 5.97 Å². The van der Waals surface area contributed by atoms with E-state index in [9.17, 15) is 14.4 Å². The van der Waals surface area contributed by atoms with Gasteiger partial charge in [-0.1, -0.05) is 24.3 Å². The number of benzene rings is 1. The second-order valence-corrected chi connectivity index (χ2v) is 5.53. The first kappa shape index (κ1) is 16.9. The summed E-state index contributed by atoms with van der Waals surface area (Å²) in [6, 6.07) is 8.59. The summed E-state index contributed by atoms with van der Waals surface area (Å²) in [6.07, 6.45) is 2.64. The van der Waals surface area contributed by atoms with Crippen LogP contribution in [0.15, 0.2) is 43.0 Å². The molecule has 0 unspecified atom stereocenters. The lowest BCUT2D eigenvalue weighted by Crippen LogP contribution is -2.55. The smallest absolute Gasteiger partial charge is 0.321 e. The summed E-state index contributed by atoms with van der Waals surface area (Å²) < 4.78 is 5.10. The summed E-state index contributed by atoms with van der Waals surface area (Å²) in [6.45, 7) is 5.84. The van der Waals surface area contributed by atoms with E-state index in [1.807, 2.05) is 0 Å². The standard InChI is InChI=1S/C18H21NO4/c1-3-11-18(17(22)23-4-2)12-8-13-19(16(18)21)15(20)14-9-6-5-7-10-14/h3,5-7,9-10H,1,4,8,11-13H2,2H3/t18-/m1/s1. The minimum Gasteiger partial charge on any atom is -0.465 e. The summed E-state index contributed by atoms with van der Waals surface area (Å²) in [5, 5.41) is 0. The molecule has 1 aromatic carbocycles. The minimum atomic E-state index is -1.33. The molecule has 0 radical (unpaired) electrons. The van der Waals surface area contributed by atoms with Crippen LogP contribution in [0.4, 0.5) is 0 Å². The highest BCUT2D eigenvalue weighted by atomic mass is 16.5. The van der Waals surface area contributed by atoms with Crippen molar-refractivity contribution < 1.29 is 19.1 Å². The fourth-order valence-corrected chi connectivity index (χ4v) is 2.91. The Morgan fingerprint density at radius 1 is 1.35 bits per heavy atom. The molecule has 0 aromatic heterocycles. The summed E-state index contributed by atoms with van der Waals surface area (Å²) >= 11 is 0. The number of likely N-dealkylation sites (tertiary alicyclic amines) is 1. The molecule has 1 heterocycles. The van der Waals surface area contributed by atoms with Crippen molar-refractivity contribution in [3.8, 4) is 0 Å². The number of hydrogen-bond acceptors (Lipinski definition) is 4. The predicted octanol–water partition coefficient (Wildman–Crippen LogP) is 2.57. The van der Waals surface area contributed by atoms with Crippen molar-refractivity contribution in [3.63, 3.8) is 0 Å². The summed E-state index contributed by atoms with van der Waals surface area (Å²) in [5.74, 6) is -1.44. The molecule has 2 amide bonds. The van der Waals surface area contributed by atoms with Crippen molar-refractivity contribution in [3.05, 3.63) is 48.6 Å². The van der Waals surface area contributed by atoms with Gasteiger partial charge in [-0.25, -0.2) is 0 Å². The molecular weight excluding hydrogens is 294 g/mol. The molecule has 2 rings (SSSR count). The van der Waals surface area contributed by atoms with Gasteiger partial charge in [0.1, 0.15) is 0 Å². The van der Waals surface area contributed by atoms with Crippen LogP contribution in [-0.4, -0.2) is 35.8 Å². The van der Waals surface area contributed by atoms with Crippen molar-refractivity contribution in [2.75, 3.05) is 13.2 Å². The number of hydrogen-bond donors (Lipinski definition) is 0. The molecule has 1 fully saturated rings. The van der Waals surface area contributed by atoms with Crippen molar-refractivity contribution in [2.45, 2.75) is 26.2 Å². The number of allylic oxidation sites excluding steroid dienone is 1. The Morgan fingerprint density at radius 3 is 2.65 bits per heavy atom. The summed E-state index contributed by atoms with van der Waals surface area (Å²) in [4.78, 5) is 39.1. The third kappa shape index (κ3) is 3.18. The van der Waals surface area contributed by atoms with Crippen molar-refractivity contribution >= 4 is 17.8 Å². The second kappa shape index (κ2) is 7.22. The maximum Gasteiger partial charge on any atom is 0.321 e. The normalized spacial score (nSPS) is 20.9. The van der Waals surface area contributed by atoms with Gasteiger partial charge in [-0.2, -0.15) is 0 Å². The number of piperidine rings is 1. The molecule has 1 saturated heterocycles. The SMILES string of the molecule is C=CC[C@@]1(C(=O)OCC)CCCN(C(=O)c2ccccc2)C1=O. The highest BCUT2D eigenvalue weighted by molar-refractivity contribution is 6.13. The van der Waals surface area contributed by atoms with Crippen molar-refractivity contribution in [1.82, 2.24) is 4.90 Å². The van der Waals surface area contributed by atoms with E-state index in [0.29, 0.717) is 24.9 Å². The van der Waals surface area contributed by atoms with Gasteiger partial charge in [-0.15, -0.1) is 6.58 Å². The van der Waals surface area contributed by atoms with E-state index in [-0.39, 0.29) is 18.9 Å². The monoisotopic (exact) mass is 315 g/mol. The van der Waals surface area contributed by atoms with Crippen molar-refractivity contribution in [1.29, 1.82) is 0 Å². The fourth-order valence-electron chi connectivity index (χ4n) is 2.91. The lowest BCUT2D eigenvalue weighted by Gasteiger charge is -2.38. The second-order valence-electron chi connectivity index (χ2n) is 5.53. The van der Waals surface area contributed by atoms with E-state index in [4.69, 9.17) is 4.74 Å². The Labute approximate surface area is 135 Å². The molecule has 0 bridgehead atoms. The Kier molecular flexibility index (Phi) is 5.32. The van der Waals surface area contributed by atoms with Crippen LogP contribution in [-0.2, 0) is 14.3 Å². The molecule has 0 spiro atoms. The van der Waals surface area contributed by atoms with Crippen LogP contribution in [0.25, 0.3) is 0 Å². The van der Waals surface area contributed by atoms with Gasteiger partial charge in [0.05, 0.1) is 6.61 Å². The van der Waals surface area contributed by atoms with Crippen LogP contribution in [0.1, 0.15) is 36.5 Å². The quantitative estimate of drug-likeness (QED) is 0.362. The molecule has 122 valence electrons. The fraction of sp³-hybridized carbons (Fsp3) is 0.389. The first-order valence-electron chi connectivity index (χ1n) is 7.76. The van der Waals surface area contributed by atoms with E-state index in [1.165, 1.54) is 11.0 Å². The molecule has 0 aliphatic carbocycles. The van der Waals surface area contributed by atoms with E-state index >= 15 is 0 Å². The van der Waals surface area contributed by atoms with Crippen LogP contribution in [0.2, 0.25) is 0 Å². The molecule has 5 nitrogen and oxygen atoms in total. The van der Waals surface area contributed by atoms with Gasteiger partial charge in [0.2, 0.25) is 5.91 Å². The molecule has 0 saturated carbocycles. The molecule has 1 aliphatic heterocycles. The number of carbonyl (C=O) groups excluding carboxylic acids is 3. The van der Waals surface area contributed by atoms with Crippen LogP contribution in [0.3, 0.4) is 0 Å². The number of carbonyl (C=O) groups is 3. The molecule has 1 aliphatic rings.